The van der Waals surface area contributed by atoms with Gasteiger partial charge in [-0.15, -0.1) is 0 Å². The Labute approximate surface area is 185 Å². The quantitative estimate of drug-likeness (QED) is 0.228. The zero-order valence-electron chi connectivity index (χ0n) is 15.8. The molecule has 0 radical (unpaired) electrons. The Morgan fingerprint density at radius 3 is 2.62 bits per heavy atom. The van der Waals surface area contributed by atoms with Gasteiger partial charge in [0.2, 0.25) is 0 Å². The lowest BCUT2D eigenvalue weighted by molar-refractivity contribution is -0.125. The molecule has 0 aliphatic carbocycles. The van der Waals surface area contributed by atoms with Crippen molar-refractivity contribution < 1.29 is 22.2 Å². The summed E-state index contributed by atoms with van der Waals surface area (Å²) in [6.07, 6.45) is 0.597. The first-order chi connectivity index (χ1) is 13.5. The van der Waals surface area contributed by atoms with Crippen LogP contribution in [0.5, 0.6) is 0 Å². The number of guanidine groups is 1. The molecule has 2 amide bonds. The highest BCUT2D eigenvalue weighted by Gasteiger charge is 2.42. The fraction of sp³-hybridized carbons (Fsp3) is 0.533. The third kappa shape index (κ3) is 5.78. The van der Waals surface area contributed by atoms with Gasteiger partial charge in [0.05, 0.1) is 21.9 Å². The molecule has 1 aromatic rings. The zero-order valence-corrected chi connectivity index (χ0v) is 19.8. The number of aromatic nitrogens is 1. The molecule has 1 atom stereocenters. The predicted octanol–water partition coefficient (Wildman–Crippen LogP) is -0.233. The SMILES string of the molecule is COS(=O)(=O)CCN[C@]1(CCCNC(=O)c2cc(Br)c(Br)n2C)N=C(N)NC1=O. The van der Waals surface area contributed by atoms with Crippen molar-refractivity contribution in [2.24, 2.45) is 17.8 Å². The Morgan fingerprint density at radius 2 is 2.10 bits per heavy atom. The third-order valence-corrected chi connectivity index (χ3v) is 7.61. The molecular weight excluding hydrogens is 536 g/mol. The molecule has 0 bridgehead atoms. The zero-order chi connectivity index (χ0) is 21.8. The first-order valence-corrected chi connectivity index (χ1v) is 11.7. The minimum absolute atomic E-state index is 0.0559. The summed E-state index contributed by atoms with van der Waals surface area (Å²) in [6, 6.07) is 1.69. The van der Waals surface area contributed by atoms with E-state index in [1.807, 2.05) is 0 Å². The highest BCUT2D eigenvalue weighted by atomic mass is 79.9. The highest BCUT2D eigenvalue weighted by molar-refractivity contribution is 9.13. The van der Waals surface area contributed by atoms with E-state index in [-0.39, 0.29) is 37.1 Å². The molecule has 0 unspecified atom stereocenters. The van der Waals surface area contributed by atoms with Crippen molar-refractivity contribution in [3.8, 4) is 0 Å². The molecule has 0 fully saturated rings. The van der Waals surface area contributed by atoms with Crippen molar-refractivity contribution in [2.45, 2.75) is 18.5 Å². The van der Waals surface area contributed by atoms with Gasteiger partial charge in [-0.2, -0.15) is 8.42 Å². The van der Waals surface area contributed by atoms with E-state index in [4.69, 9.17) is 5.73 Å². The minimum Gasteiger partial charge on any atom is -0.370 e. The fourth-order valence-electron chi connectivity index (χ4n) is 2.74. The van der Waals surface area contributed by atoms with Crippen LogP contribution in [-0.4, -0.2) is 62.4 Å². The molecule has 2 heterocycles. The van der Waals surface area contributed by atoms with Gasteiger partial charge in [0.25, 0.3) is 21.9 Å². The maximum Gasteiger partial charge on any atom is 0.269 e. The number of rotatable bonds is 10. The topological polar surface area (TPSA) is 157 Å². The Balaban J connectivity index is 1.94. The molecule has 1 aliphatic rings. The Kier molecular flexibility index (Phi) is 7.84. The summed E-state index contributed by atoms with van der Waals surface area (Å²) in [5.74, 6) is -1.14. The monoisotopic (exact) mass is 556 g/mol. The fourth-order valence-corrected chi connectivity index (χ4v) is 4.05. The van der Waals surface area contributed by atoms with Crippen LogP contribution in [0.4, 0.5) is 0 Å². The van der Waals surface area contributed by atoms with E-state index in [9.17, 15) is 18.0 Å². The molecule has 0 saturated heterocycles. The summed E-state index contributed by atoms with van der Waals surface area (Å²) in [6.45, 7) is 0.222. The van der Waals surface area contributed by atoms with Gasteiger partial charge in [0.15, 0.2) is 11.6 Å². The van der Waals surface area contributed by atoms with Crippen molar-refractivity contribution in [2.75, 3.05) is 26.0 Å². The second-order valence-corrected chi connectivity index (χ2v) is 9.72. The maximum absolute atomic E-state index is 12.3. The van der Waals surface area contributed by atoms with E-state index in [0.717, 1.165) is 16.2 Å². The maximum atomic E-state index is 12.3. The number of carbonyl (C=O) groups is 2. The summed E-state index contributed by atoms with van der Waals surface area (Å²) in [4.78, 5) is 28.8. The first-order valence-electron chi connectivity index (χ1n) is 8.50. The van der Waals surface area contributed by atoms with Gasteiger partial charge in [-0.05, 0) is 50.8 Å². The number of nitrogens with one attached hydrogen (secondary N) is 3. The largest absolute Gasteiger partial charge is 0.370 e. The average Bonchev–Trinajstić information content (AvgIpc) is 3.08. The van der Waals surface area contributed by atoms with Gasteiger partial charge in [0.1, 0.15) is 5.69 Å². The van der Waals surface area contributed by atoms with Crippen LogP contribution < -0.4 is 21.7 Å². The number of carbonyl (C=O) groups excluding carboxylic acids is 2. The van der Waals surface area contributed by atoms with Crippen molar-refractivity contribution >= 4 is 59.8 Å². The van der Waals surface area contributed by atoms with E-state index < -0.39 is 21.7 Å². The van der Waals surface area contributed by atoms with Gasteiger partial charge in [-0.1, -0.05) is 0 Å². The van der Waals surface area contributed by atoms with Gasteiger partial charge in [-0.25, -0.2) is 4.99 Å². The van der Waals surface area contributed by atoms with E-state index in [0.29, 0.717) is 12.1 Å². The Bertz CT molecular complexity index is 932. The molecule has 0 saturated carbocycles. The van der Waals surface area contributed by atoms with Crippen LogP contribution in [0.15, 0.2) is 20.1 Å². The highest BCUT2D eigenvalue weighted by Crippen LogP contribution is 2.26. The van der Waals surface area contributed by atoms with Crippen LogP contribution in [0, 0.1) is 0 Å². The van der Waals surface area contributed by atoms with E-state index in [1.165, 1.54) is 0 Å². The molecule has 29 heavy (non-hydrogen) atoms. The van der Waals surface area contributed by atoms with Crippen molar-refractivity contribution in [1.29, 1.82) is 0 Å². The smallest absolute Gasteiger partial charge is 0.269 e. The van der Waals surface area contributed by atoms with Crippen molar-refractivity contribution in [1.82, 2.24) is 20.5 Å². The lowest BCUT2D eigenvalue weighted by atomic mass is 10.0. The van der Waals surface area contributed by atoms with Crippen LogP contribution in [0.3, 0.4) is 0 Å². The predicted molar refractivity (Wildman–Crippen MR) is 114 cm³/mol. The lowest BCUT2D eigenvalue weighted by Gasteiger charge is -2.24. The number of amides is 2. The van der Waals surface area contributed by atoms with Crippen LogP contribution in [0.1, 0.15) is 23.3 Å². The summed E-state index contributed by atoms with van der Waals surface area (Å²) in [5, 5.41) is 8.02. The lowest BCUT2D eigenvalue weighted by Crippen LogP contribution is -2.53. The number of aliphatic imine (C=N–C) groups is 1. The third-order valence-electron chi connectivity index (χ3n) is 4.30. The number of hydrogen-bond donors (Lipinski definition) is 4. The van der Waals surface area contributed by atoms with Crippen LogP contribution >= 0.6 is 31.9 Å². The minimum atomic E-state index is -3.68. The molecule has 11 nitrogen and oxygen atoms in total. The van der Waals surface area contributed by atoms with Gasteiger partial charge >= 0.3 is 0 Å². The first kappa shape index (κ1) is 23.8. The summed E-state index contributed by atoms with van der Waals surface area (Å²) in [7, 11) is -0.870. The molecule has 2 rings (SSSR count). The van der Waals surface area contributed by atoms with Gasteiger partial charge < -0.3 is 15.6 Å². The molecule has 14 heteroatoms. The standard InChI is InChI=1S/C15H22Br2N6O5S/c1-23-10(8-9(16)11(23)17)12(24)19-5-3-4-15(13(25)21-14(18)22-15)20-6-7-29(26,27)28-2/h8,20H,3-7H2,1-2H3,(H,19,24)(H3,18,21,22,25)/t15-/m1/s1. The summed E-state index contributed by atoms with van der Waals surface area (Å²) in [5.41, 5.74) is 4.67. The normalized spacial score (nSPS) is 19.2. The number of halogens is 2. The molecule has 1 aromatic heterocycles. The molecule has 0 aromatic carbocycles. The summed E-state index contributed by atoms with van der Waals surface area (Å²) >= 11 is 6.71. The van der Waals surface area contributed by atoms with Crippen LogP contribution in [0.25, 0.3) is 0 Å². The Hall–Kier alpha value is -1.48. The van der Waals surface area contributed by atoms with E-state index >= 15 is 0 Å². The molecular formula is C15H22Br2N6O5S. The number of nitrogens with zero attached hydrogens (tertiary/aromatic N) is 2. The molecule has 162 valence electrons. The van der Waals surface area contributed by atoms with E-state index in [1.54, 1.807) is 17.7 Å². The van der Waals surface area contributed by atoms with E-state index in [2.05, 4.69) is 57.0 Å². The number of nitrogens with two attached hydrogens (primary N) is 1. The average molecular weight is 558 g/mol. The summed E-state index contributed by atoms with van der Waals surface area (Å²) < 4.78 is 30.5. The van der Waals surface area contributed by atoms with Gasteiger partial charge in [-0.3, -0.25) is 24.4 Å². The van der Waals surface area contributed by atoms with Gasteiger partial charge in [0, 0.05) is 20.1 Å². The second kappa shape index (κ2) is 9.55. The molecule has 0 spiro atoms. The molecule has 5 N–H and O–H groups in total. The second-order valence-electron chi connectivity index (χ2n) is 6.25. The molecule has 1 aliphatic heterocycles. The van der Waals surface area contributed by atoms with Crippen LogP contribution in [-0.2, 0) is 26.1 Å². The van der Waals surface area contributed by atoms with Crippen molar-refractivity contribution in [3.05, 3.63) is 20.8 Å². The van der Waals surface area contributed by atoms with Crippen LogP contribution in [0.2, 0.25) is 0 Å². The Morgan fingerprint density at radius 1 is 1.41 bits per heavy atom. The number of hydrogen-bond acceptors (Lipinski definition) is 8. The van der Waals surface area contributed by atoms with Crippen molar-refractivity contribution in [3.63, 3.8) is 0 Å².